The van der Waals surface area contributed by atoms with Gasteiger partial charge >= 0.3 is 5.97 Å². The van der Waals surface area contributed by atoms with Gasteiger partial charge < -0.3 is 10.4 Å². The number of carboxylic acid groups (broad SMARTS) is 1. The maximum absolute atomic E-state index is 11.8. The molecule has 0 saturated carbocycles. The number of nitrogens with one attached hydrogen (secondary N) is 1. The van der Waals surface area contributed by atoms with E-state index < -0.39 is 5.97 Å². The molecule has 0 radical (unpaired) electrons. The minimum Gasteiger partial charge on any atom is -0.477 e. The third-order valence-electron chi connectivity index (χ3n) is 2.55. The Hall–Kier alpha value is -1.56. The van der Waals surface area contributed by atoms with Crippen LogP contribution in [0.5, 0.6) is 0 Å². The summed E-state index contributed by atoms with van der Waals surface area (Å²) < 4.78 is 0. The number of carbonyl (C=O) groups excluding carboxylic acids is 1. The lowest BCUT2D eigenvalue weighted by molar-refractivity contribution is -0.119. The molecule has 0 aromatic carbocycles. The third-order valence-corrected chi connectivity index (χ3v) is 3.71. The zero-order valence-corrected chi connectivity index (χ0v) is 9.87. The van der Waals surface area contributed by atoms with Crippen LogP contribution in [0, 0.1) is 5.92 Å². The lowest BCUT2D eigenvalue weighted by Crippen LogP contribution is -2.22. The van der Waals surface area contributed by atoms with Gasteiger partial charge in [-0.15, -0.1) is 0 Å². The first kappa shape index (κ1) is 11.9. The average Bonchev–Trinajstić information content (AvgIpc) is 2.83. The molecular weight excluding hydrogens is 240 g/mol. The predicted molar refractivity (Wildman–Crippen MR) is 65.3 cm³/mol. The van der Waals surface area contributed by atoms with Gasteiger partial charge in [-0.3, -0.25) is 4.79 Å². The van der Waals surface area contributed by atoms with Gasteiger partial charge in [0.1, 0.15) is 5.69 Å². The number of rotatable bonds is 3. The first-order valence-electron chi connectivity index (χ1n) is 5.25. The van der Waals surface area contributed by atoms with Crippen molar-refractivity contribution in [1.29, 1.82) is 0 Å². The van der Waals surface area contributed by atoms with Gasteiger partial charge in [0.25, 0.3) is 0 Å². The number of hydrogen-bond donors (Lipinski definition) is 2. The maximum atomic E-state index is 11.8. The van der Waals surface area contributed by atoms with Crippen LogP contribution in [-0.2, 0) is 4.79 Å². The van der Waals surface area contributed by atoms with Crippen molar-refractivity contribution in [2.75, 3.05) is 16.8 Å². The van der Waals surface area contributed by atoms with Gasteiger partial charge in [0.15, 0.2) is 0 Å². The average molecular weight is 252 g/mol. The summed E-state index contributed by atoms with van der Waals surface area (Å²) >= 11 is 1.77. The minimum absolute atomic E-state index is 0.0140. The van der Waals surface area contributed by atoms with Crippen LogP contribution in [0.1, 0.15) is 16.9 Å². The largest absolute Gasteiger partial charge is 0.477 e. The molecule has 1 unspecified atom stereocenters. The molecule has 0 aliphatic carbocycles. The number of hydrogen-bond acceptors (Lipinski definition) is 4. The van der Waals surface area contributed by atoms with Gasteiger partial charge in [0.05, 0.1) is 11.9 Å². The zero-order chi connectivity index (χ0) is 12.3. The van der Waals surface area contributed by atoms with Crippen molar-refractivity contribution in [2.24, 2.45) is 5.92 Å². The summed E-state index contributed by atoms with van der Waals surface area (Å²) in [6.07, 6.45) is 2.26. The van der Waals surface area contributed by atoms with Gasteiger partial charge in [0, 0.05) is 11.7 Å². The second-order valence-corrected chi connectivity index (χ2v) is 4.94. The summed E-state index contributed by atoms with van der Waals surface area (Å²) in [5.74, 6) is 0.843. The van der Waals surface area contributed by atoms with E-state index in [2.05, 4.69) is 10.3 Å². The number of carbonyl (C=O) groups is 2. The van der Waals surface area contributed by atoms with Crippen molar-refractivity contribution in [2.45, 2.75) is 6.42 Å². The van der Waals surface area contributed by atoms with Crippen molar-refractivity contribution in [3.63, 3.8) is 0 Å². The number of amides is 1. The lowest BCUT2D eigenvalue weighted by Gasteiger charge is -2.09. The van der Waals surface area contributed by atoms with Crippen LogP contribution in [0.4, 0.5) is 5.69 Å². The SMILES string of the molecule is O=C(O)c1ccc(NC(=O)C2CCSC2)cn1. The van der Waals surface area contributed by atoms with Crippen molar-refractivity contribution in [1.82, 2.24) is 4.98 Å². The van der Waals surface area contributed by atoms with Crippen LogP contribution >= 0.6 is 11.8 Å². The Labute approximate surface area is 103 Å². The van der Waals surface area contributed by atoms with Gasteiger partial charge in [-0.05, 0) is 24.3 Å². The molecular formula is C11H12N2O3S. The molecule has 1 aliphatic heterocycles. The molecule has 1 fully saturated rings. The van der Waals surface area contributed by atoms with Crippen molar-refractivity contribution in [3.8, 4) is 0 Å². The number of pyridine rings is 1. The Balaban J connectivity index is 1.98. The fraction of sp³-hybridized carbons (Fsp3) is 0.364. The smallest absolute Gasteiger partial charge is 0.354 e. The summed E-state index contributed by atoms with van der Waals surface area (Å²) in [6, 6.07) is 2.93. The number of nitrogens with zero attached hydrogens (tertiary/aromatic N) is 1. The van der Waals surface area contributed by atoms with E-state index in [9.17, 15) is 9.59 Å². The van der Waals surface area contributed by atoms with Gasteiger partial charge in [-0.2, -0.15) is 11.8 Å². The molecule has 1 amide bonds. The van der Waals surface area contributed by atoms with Crippen molar-refractivity contribution in [3.05, 3.63) is 24.0 Å². The molecule has 90 valence electrons. The zero-order valence-electron chi connectivity index (χ0n) is 9.05. The summed E-state index contributed by atoms with van der Waals surface area (Å²) in [5.41, 5.74) is 0.510. The molecule has 1 aromatic rings. The van der Waals surface area contributed by atoms with E-state index in [4.69, 9.17) is 5.11 Å². The van der Waals surface area contributed by atoms with Crippen LogP contribution in [0.15, 0.2) is 18.3 Å². The summed E-state index contributed by atoms with van der Waals surface area (Å²) in [5, 5.41) is 11.4. The van der Waals surface area contributed by atoms with Crippen LogP contribution in [0.2, 0.25) is 0 Å². The number of anilines is 1. The van der Waals surface area contributed by atoms with Crippen molar-refractivity contribution >= 4 is 29.3 Å². The lowest BCUT2D eigenvalue weighted by atomic mass is 10.1. The normalized spacial score (nSPS) is 18.9. The van der Waals surface area contributed by atoms with E-state index in [0.29, 0.717) is 5.69 Å². The Morgan fingerprint density at radius 3 is 2.82 bits per heavy atom. The molecule has 1 aliphatic rings. The number of aromatic carboxylic acids is 1. The molecule has 2 heterocycles. The van der Waals surface area contributed by atoms with E-state index in [1.807, 2.05) is 0 Å². The third kappa shape index (κ3) is 2.97. The first-order chi connectivity index (χ1) is 8.16. The Morgan fingerprint density at radius 2 is 2.29 bits per heavy atom. The summed E-state index contributed by atoms with van der Waals surface area (Å²) in [6.45, 7) is 0. The van der Waals surface area contributed by atoms with Crippen molar-refractivity contribution < 1.29 is 14.7 Å². The standard InChI is InChI=1S/C11H12N2O3S/c14-10(7-3-4-17-6-7)13-8-1-2-9(11(15)16)12-5-8/h1-2,5,7H,3-4,6H2,(H,13,14)(H,15,16). The van der Waals surface area contributed by atoms with Gasteiger partial charge in [-0.25, -0.2) is 9.78 Å². The Bertz CT molecular complexity index is 427. The van der Waals surface area contributed by atoms with Gasteiger partial charge in [-0.1, -0.05) is 0 Å². The highest BCUT2D eigenvalue weighted by Gasteiger charge is 2.23. The second kappa shape index (κ2) is 5.18. The molecule has 1 aromatic heterocycles. The molecule has 0 spiro atoms. The number of aromatic nitrogens is 1. The van der Waals surface area contributed by atoms with E-state index in [1.54, 1.807) is 17.8 Å². The van der Waals surface area contributed by atoms with E-state index in [-0.39, 0.29) is 17.5 Å². The Kier molecular flexibility index (Phi) is 3.63. The molecule has 6 heteroatoms. The number of carboxylic acids is 1. The predicted octanol–water partition coefficient (Wildman–Crippen LogP) is 1.47. The highest BCUT2D eigenvalue weighted by atomic mass is 32.2. The first-order valence-corrected chi connectivity index (χ1v) is 6.40. The monoisotopic (exact) mass is 252 g/mol. The van der Waals surface area contributed by atoms with Crippen LogP contribution in [0.3, 0.4) is 0 Å². The molecule has 5 nitrogen and oxygen atoms in total. The van der Waals surface area contributed by atoms with E-state index >= 15 is 0 Å². The molecule has 0 bridgehead atoms. The molecule has 2 rings (SSSR count). The quantitative estimate of drug-likeness (QED) is 0.851. The minimum atomic E-state index is -1.07. The van der Waals surface area contributed by atoms with Crippen LogP contribution in [0.25, 0.3) is 0 Å². The fourth-order valence-electron chi connectivity index (χ4n) is 1.58. The molecule has 1 atom stereocenters. The molecule has 2 N–H and O–H groups in total. The summed E-state index contributed by atoms with van der Waals surface area (Å²) in [7, 11) is 0. The highest BCUT2D eigenvalue weighted by molar-refractivity contribution is 7.99. The summed E-state index contributed by atoms with van der Waals surface area (Å²) in [4.78, 5) is 26.1. The second-order valence-electron chi connectivity index (χ2n) is 3.79. The van der Waals surface area contributed by atoms with E-state index in [1.165, 1.54) is 12.3 Å². The topological polar surface area (TPSA) is 79.3 Å². The highest BCUT2D eigenvalue weighted by Crippen LogP contribution is 2.24. The maximum Gasteiger partial charge on any atom is 0.354 e. The molecule has 17 heavy (non-hydrogen) atoms. The number of thioether (sulfide) groups is 1. The van der Waals surface area contributed by atoms with Crippen LogP contribution in [-0.4, -0.2) is 33.5 Å². The fourth-order valence-corrected chi connectivity index (χ4v) is 2.80. The van der Waals surface area contributed by atoms with Crippen LogP contribution < -0.4 is 5.32 Å². The Morgan fingerprint density at radius 1 is 1.47 bits per heavy atom. The van der Waals surface area contributed by atoms with Gasteiger partial charge in [0.2, 0.25) is 5.91 Å². The van der Waals surface area contributed by atoms with E-state index in [0.717, 1.165) is 17.9 Å². The molecule has 1 saturated heterocycles.